The van der Waals surface area contributed by atoms with E-state index in [1.54, 1.807) is 6.07 Å². The van der Waals surface area contributed by atoms with Crippen molar-refractivity contribution in [3.05, 3.63) is 53.7 Å². The van der Waals surface area contributed by atoms with E-state index in [4.69, 9.17) is 9.47 Å². The second kappa shape index (κ2) is 7.10. The van der Waals surface area contributed by atoms with Crippen LogP contribution in [0.1, 0.15) is 22.3 Å². The highest BCUT2D eigenvalue weighted by atomic mass is 19.4. The molecule has 8 heteroatoms. The lowest BCUT2D eigenvalue weighted by atomic mass is 10.2. The van der Waals surface area contributed by atoms with E-state index < -0.39 is 17.6 Å². The zero-order chi connectivity index (χ0) is 17.9. The summed E-state index contributed by atoms with van der Waals surface area (Å²) >= 11 is 0. The van der Waals surface area contributed by atoms with Crippen LogP contribution in [0.2, 0.25) is 0 Å². The molecule has 0 unspecified atom stereocenters. The van der Waals surface area contributed by atoms with E-state index in [0.29, 0.717) is 19.1 Å². The lowest BCUT2D eigenvalue weighted by Crippen LogP contribution is -2.17. The van der Waals surface area contributed by atoms with Crippen LogP contribution in [-0.4, -0.2) is 30.2 Å². The predicted octanol–water partition coefficient (Wildman–Crippen LogP) is 3.52. The molecule has 5 nitrogen and oxygen atoms in total. The van der Waals surface area contributed by atoms with Crippen LogP contribution in [0.15, 0.2) is 42.6 Å². The fraction of sp³-hybridized carbons (Fsp3) is 0.294. The number of nitrogens with zero attached hydrogens (tertiary/aromatic N) is 1. The molecule has 1 amide bonds. The van der Waals surface area contributed by atoms with Gasteiger partial charge in [0.1, 0.15) is 6.10 Å². The Bertz CT molecular complexity index is 724. The number of aromatic nitrogens is 1. The Kier molecular flexibility index (Phi) is 4.89. The third kappa shape index (κ3) is 4.48. The number of amides is 1. The monoisotopic (exact) mass is 352 g/mol. The van der Waals surface area contributed by atoms with Crippen LogP contribution in [0.3, 0.4) is 0 Å². The summed E-state index contributed by atoms with van der Waals surface area (Å²) in [5.41, 5.74) is -0.235. The first kappa shape index (κ1) is 17.2. The number of anilines is 1. The van der Waals surface area contributed by atoms with Crippen molar-refractivity contribution in [2.75, 3.05) is 18.5 Å². The average molecular weight is 352 g/mol. The number of nitrogens with one attached hydrogen (secondary N) is 1. The number of pyridine rings is 1. The summed E-state index contributed by atoms with van der Waals surface area (Å²) in [5, 5.41) is 2.52. The molecule has 0 radical (unpaired) electrons. The SMILES string of the molecule is O=C(Nc1ccc(C(F)(F)F)cc1)c1ccc(O[C@H]2CCOC2)nc1. The molecule has 0 spiro atoms. The summed E-state index contributed by atoms with van der Waals surface area (Å²) in [4.78, 5) is 16.2. The first-order chi connectivity index (χ1) is 11.9. The Hall–Kier alpha value is -2.61. The van der Waals surface area contributed by atoms with E-state index in [2.05, 4.69) is 10.3 Å². The molecule has 3 rings (SSSR count). The minimum atomic E-state index is -4.41. The Morgan fingerprint density at radius 3 is 2.52 bits per heavy atom. The summed E-state index contributed by atoms with van der Waals surface area (Å²) < 4.78 is 48.3. The van der Waals surface area contributed by atoms with Crippen LogP contribution >= 0.6 is 0 Å². The molecule has 1 fully saturated rings. The minimum Gasteiger partial charge on any atom is -0.472 e. The topological polar surface area (TPSA) is 60.5 Å². The molecule has 1 aliphatic rings. The van der Waals surface area contributed by atoms with Crippen molar-refractivity contribution in [2.45, 2.75) is 18.7 Å². The van der Waals surface area contributed by atoms with Crippen LogP contribution in [-0.2, 0) is 10.9 Å². The van der Waals surface area contributed by atoms with Gasteiger partial charge in [-0.1, -0.05) is 0 Å². The van der Waals surface area contributed by atoms with E-state index in [1.165, 1.54) is 24.4 Å². The molecule has 132 valence electrons. The van der Waals surface area contributed by atoms with Gasteiger partial charge in [0.05, 0.1) is 24.3 Å². The molecule has 1 saturated heterocycles. The number of halogens is 3. The summed E-state index contributed by atoms with van der Waals surface area (Å²) in [6, 6.07) is 7.33. The highest BCUT2D eigenvalue weighted by Crippen LogP contribution is 2.29. The number of alkyl halides is 3. The van der Waals surface area contributed by atoms with E-state index in [0.717, 1.165) is 18.6 Å². The number of hydrogen-bond acceptors (Lipinski definition) is 4. The van der Waals surface area contributed by atoms with Crippen molar-refractivity contribution in [3.8, 4) is 5.88 Å². The molecule has 0 bridgehead atoms. The molecule has 1 atom stereocenters. The van der Waals surface area contributed by atoms with Crippen LogP contribution in [0.5, 0.6) is 5.88 Å². The molecule has 2 heterocycles. The maximum atomic E-state index is 12.5. The minimum absolute atomic E-state index is 0.0423. The first-order valence-corrected chi connectivity index (χ1v) is 7.61. The van der Waals surface area contributed by atoms with E-state index in [-0.39, 0.29) is 17.4 Å². The van der Waals surface area contributed by atoms with Gasteiger partial charge in [-0.3, -0.25) is 4.79 Å². The molecule has 1 aromatic heterocycles. The van der Waals surface area contributed by atoms with Crippen LogP contribution in [0, 0.1) is 0 Å². The Balaban J connectivity index is 1.60. The maximum Gasteiger partial charge on any atom is 0.416 e. The normalized spacial score (nSPS) is 17.3. The van der Waals surface area contributed by atoms with Gasteiger partial charge in [-0.05, 0) is 30.3 Å². The fourth-order valence-corrected chi connectivity index (χ4v) is 2.31. The van der Waals surface area contributed by atoms with Gasteiger partial charge in [-0.15, -0.1) is 0 Å². The quantitative estimate of drug-likeness (QED) is 0.915. The van der Waals surface area contributed by atoms with Gasteiger partial charge in [0.25, 0.3) is 5.91 Å². The van der Waals surface area contributed by atoms with Crippen molar-refractivity contribution in [1.82, 2.24) is 4.98 Å². The molecular weight excluding hydrogens is 337 g/mol. The lowest BCUT2D eigenvalue weighted by Gasteiger charge is -2.11. The van der Waals surface area contributed by atoms with Crippen LogP contribution in [0.25, 0.3) is 0 Å². The highest BCUT2D eigenvalue weighted by Gasteiger charge is 2.30. The largest absolute Gasteiger partial charge is 0.472 e. The summed E-state index contributed by atoms with van der Waals surface area (Å²) in [6.07, 6.45) is -2.31. The number of rotatable bonds is 4. The van der Waals surface area contributed by atoms with Gasteiger partial charge in [0, 0.05) is 24.4 Å². The van der Waals surface area contributed by atoms with Gasteiger partial charge >= 0.3 is 6.18 Å². The standard InChI is InChI=1S/C17H15F3N2O3/c18-17(19,20)12-2-4-13(5-3-12)22-16(23)11-1-6-15(21-9-11)25-14-7-8-24-10-14/h1-6,9,14H,7-8,10H2,(H,22,23)/t14-/m0/s1. The van der Waals surface area contributed by atoms with Crippen LogP contribution < -0.4 is 10.1 Å². The number of benzene rings is 1. The molecule has 0 aliphatic carbocycles. The molecule has 0 saturated carbocycles. The summed E-state index contributed by atoms with van der Waals surface area (Å²) in [5.74, 6) is -0.0791. The van der Waals surface area contributed by atoms with Gasteiger partial charge in [-0.2, -0.15) is 13.2 Å². The third-order valence-corrected chi connectivity index (χ3v) is 3.64. The van der Waals surface area contributed by atoms with Crippen molar-refractivity contribution >= 4 is 11.6 Å². The van der Waals surface area contributed by atoms with Crippen molar-refractivity contribution in [2.24, 2.45) is 0 Å². The van der Waals surface area contributed by atoms with Crippen molar-refractivity contribution in [3.63, 3.8) is 0 Å². The second-order valence-corrected chi connectivity index (χ2v) is 5.52. The molecule has 1 N–H and O–H groups in total. The second-order valence-electron chi connectivity index (χ2n) is 5.52. The van der Waals surface area contributed by atoms with Gasteiger partial charge in [0.2, 0.25) is 5.88 Å². The maximum absolute atomic E-state index is 12.5. The third-order valence-electron chi connectivity index (χ3n) is 3.64. The molecular formula is C17H15F3N2O3. The van der Waals surface area contributed by atoms with Gasteiger partial charge < -0.3 is 14.8 Å². The molecule has 25 heavy (non-hydrogen) atoms. The average Bonchev–Trinajstić information content (AvgIpc) is 3.08. The molecule has 1 aliphatic heterocycles. The van der Waals surface area contributed by atoms with E-state index >= 15 is 0 Å². The van der Waals surface area contributed by atoms with Crippen molar-refractivity contribution in [1.29, 1.82) is 0 Å². The Morgan fingerprint density at radius 1 is 1.20 bits per heavy atom. The summed E-state index contributed by atoms with van der Waals surface area (Å²) in [6.45, 7) is 1.16. The predicted molar refractivity (Wildman–Crippen MR) is 83.5 cm³/mol. The van der Waals surface area contributed by atoms with Crippen LogP contribution in [0.4, 0.5) is 18.9 Å². The van der Waals surface area contributed by atoms with E-state index in [9.17, 15) is 18.0 Å². The summed E-state index contributed by atoms with van der Waals surface area (Å²) in [7, 11) is 0. The van der Waals surface area contributed by atoms with Gasteiger partial charge in [-0.25, -0.2) is 4.98 Å². The lowest BCUT2D eigenvalue weighted by molar-refractivity contribution is -0.137. The number of ether oxygens (including phenoxy) is 2. The zero-order valence-electron chi connectivity index (χ0n) is 13.0. The fourth-order valence-electron chi connectivity index (χ4n) is 2.31. The van der Waals surface area contributed by atoms with Gasteiger partial charge in [0.15, 0.2) is 0 Å². The molecule has 1 aromatic carbocycles. The highest BCUT2D eigenvalue weighted by molar-refractivity contribution is 6.04. The number of hydrogen-bond donors (Lipinski definition) is 1. The van der Waals surface area contributed by atoms with Crippen molar-refractivity contribution < 1.29 is 27.4 Å². The number of carbonyl (C=O) groups is 1. The Morgan fingerprint density at radius 2 is 1.96 bits per heavy atom. The smallest absolute Gasteiger partial charge is 0.416 e. The molecule has 2 aromatic rings. The Labute approximate surface area is 141 Å². The number of carbonyl (C=O) groups excluding carboxylic acids is 1. The zero-order valence-corrected chi connectivity index (χ0v) is 13.0. The first-order valence-electron chi connectivity index (χ1n) is 7.61. The van der Waals surface area contributed by atoms with E-state index in [1.807, 2.05) is 0 Å².